The summed E-state index contributed by atoms with van der Waals surface area (Å²) in [6, 6.07) is 3.04. The van der Waals surface area contributed by atoms with Gasteiger partial charge in [0.05, 0.1) is 12.1 Å². The first-order valence-electron chi connectivity index (χ1n) is 7.56. The molecule has 0 aliphatic carbocycles. The number of fused-ring (bicyclic) bond motifs is 1. The van der Waals surface area contributed by atoms with E-state index >= 15 is 0 Å². The van der Waals surface area contributed by atoms with Crippen LogP contribution in [-0.2, 0) is 14.3 Å². The molecule has 0 saturated heterocycles. The van der Waals surface area contributed by atoms with Gasteiger partial charge in [-0.2, -0.15) is 0 Å². The Morgan fingerprint density at radius 2 is 1.79 bits per heavy atom. The number of hydrogen-bond donors (Lipinski definition) is 1. The summed E-state index contributed by atoms with van der Waals surface area (Å²) >= 11 is 0. The van der Waals surface area contributed by atoms with Crippen LogP contribution >= 0.6 is 0 Å². The normalized spacial score (nSPS) is 12.7. The number of amides is 1. The molecule has 1 N–H and O–H groups in total. The first kappa shape index (κ1) is 17.8. The SMILES string of the molecule is CC(=O)c1cc2c(cc1NC(=O)COC(=O)CC(C)(C)C)OCO2. The van der Waals surface area contributed by atoms with E-state index in [1.807, 2.05) is 20.8 Å². The zero-order valence-corrected chi connectivity index (χ0v) is 14.2. The predicted octanol–water partition coefficient (Wildman–Crippen LogP) is 2.54. The average molecular weight is 335 g/mol. The summed E-state index contributed by atoms with van der Waals surface area (Å²) in [4.78, 5) is 35.4. The largest absolute Gasteiger partial charge is 0.456 e. The third-order valence-corrected chi connectivity index (χ3v) is 3.21. The van der Waals surface area contributed by atoms with Crippen LogP contribution in [0.5, 0.6) is 11.5 Å². The van der Waals surface area contributed by atoms with Crippen molar-refractivity contribution in [1.29, 1.82) is 0 Å². The molecule has 0 bridgehead atoms. The number of carbonyl (C=O) groups is 3. The molecule has 0 atom stereocenters. The molecule has 0 radical (unpaired) electrons. The Bertz CT molecular complexity index is 674. The topological polar surface area (TPSA) is 90.9 Å². The summed E-state index contributed by atoms with van der Waals surface area (Å²) in [5.41, 5.74) is 0.379. The number of nitrogens with one attached hydrogen (secondary N) is 1. The van der Waals surface area contributed by atoms with Crippen molar-refractivity contribution < 1.29 is 28.6 Å². The van der Waals surface area contributed by atoms with E-state index in [0.717, 1.165) is 0 Å². The monoisotopic (exact) mass is 335 g/mol. The van der Waals surface area contributed by atoms with Gasteiger partial charge in [0.2, 0.25) is 6.79 Å². The highest BCUT2D eigenvalue weighted by Gasteiger charge is 2.21. The van der Waals surface area contributed by atoms with Crippen LogP contribution < -0.4 is 14.8 Å². The fraction of sp³-hybridized carbons (Fsp3) is 0.471. The highest BCUT2D eigenvalue weighted by Crippen LogP contribution is 2.37. The van der Waals surface area contributed by atoms with E-state index in [4.69, 9.17) is 14.2 Å². The molecular weight excluding hydrogens is 314 g/mol. The molecule has 24 heavy (non-hydrogen) atoms. The van der Waals surface area contributed by atoms with Crippen LogP contribution in [0.15, 0.2) is 12.1 Å². The van der Waals surface area contributed by atoms with Crippen molar-refractivity contribution in [3.8, 4) is 11.5 Å². The standard InChI is InChI=1S/C17H21NO6/c1-10(19)11-5-13-14(24-9-23-13)6-12(11)18-15(20)8-22-16(21)7-17(2,3)4/h5-6H,7-9H2,1-4H3,(H,18,20). The number of ketones is 1. The minimum absolute atomic E-state index is 0.0640. The van der Waals surface area contributed by atoms with Crippen molar-refractivity contribution in [1.82, 2.24) is 0 Å². The Labute approximate surface area is 140 Å². The Hall–Kier alpha value is -2.57. The second-order valence-electron chi connectivity index (χ2n) is 6.75. The van der Waals surface area contributed by atoms with Crippen LogP contribution in [0.3, 0.4) is 0 Å². The molecule has 0 aromatic heterocycles. The highest BCUT2D eigenvalue weighted by atomic mass is 16.7. The lowest BCUT2D eigenvalue weighted by Crippen LogP contribution is -2.23. The van der Waals surface area contributed by atoms with E-state index in [0.29, 0.717) is 22.7 Å². The molecule has 130 valence electrons. The summed E-state index contributed by atoms with van der Waals surface area (Å²) in [6.45, 7) is 6.74. The van der Waals surface area contributed by atoms with Gasteiger partial charge in [-0.1, -0.05) is 20.8 Å². The number of rotatable bonds is 5. The molecule has 0 fully saturated rings. The molecular formula is C17H21NO6. The van der Waals surface area contributed by atoms with Crippen LogP contribution in [0.25, 0.3) is 0 Å². The number of hydrogen-bond acceptors (Lipinski definition) is 6. The average Bonchev–Trinajstić information content (AvgIpc) is 2.89. The van der Waals surface area contributed by atoms with E-state index in [-0.39, 0.29) is 24.4 Å². The van der Waals surface area contributed by atoms with E-state index in [1.54, 1.807) is 0 Å². The molecule has 1 amide bonds. The van der Waals surface area contributed by atoms with Crippen molar-refractivity contribution in [2.75, 3.05) is 18.7 Å². The van der Waals surface area contributed by atoms with Gasteiger partial charge in [-0.15, -0.1) is 0 Å². The Kier molecular flexibility index (Phi) is 5.11. The van der Waals surface area contributed by atoms with Gasteiger partial charge >= 0.3 is 5.97 Å². The van der Waals surface area contributed by atoms with Crippen molar-refractivity contribution in [2.45, 2.75) is 34.1 Å². The third-order valence-electron chi connectivity index (χ3n) is 3.21. The minimum Gasteiger partial charge on any atom is -0.456 e. The smallest absolute Gasteiger partial charge is 0.306 e. The number of anilines is 1. The second kappa shape index (κ2) is 6.90. The Morgan fingerprint density at radius 1 is 1.17 bits per heavy atom. The number of esters is 1. The molecule has 0 saturated carbocycles. The van der Waals surface area contributed by atoms with Crippen LogP contribution in [0, 0.1) is 5.41 Å². The van der Waals surface area contributed by atoms with Gasteiger partial charge in [-0.05, 0) is 18.4 Å². The van der Waals surface area contributed by atoms with E-state index in [2.05, 4.69) is 5.32 Å². The zero-order valence-electron chi connectivity index (χ0n) is 14.2. The van der Waals surface area contributed by atoms with Crippen molar-refractivity contribution >= 4 is 23.3 Å². The van der Waals surface area contributed by atoms with Crippen molar-refractivity contribution in [3.05, 3.63) is 17.7 Å². The molecule has 7 heteroatoms. The summed E-state index contributed by atoms with van der Waals surface area (Å²) < 4.78 is 15.4. The van der Waals surface area contributed by atoms with Gasteiger partial charge in [0.25, 0.3) is 5.91 Å². The molecule has 1 aliphatic rings. The van der Waals surface area contributed by atoms with Crippen LogP contribution in [0.2, 0.25) is 0 Å². The van der Waals surface area contributed by atoms with Gasteiger partial charge in [-0.25, -0.2) is 0 Å². The summed E-state index contributed by atoms with van der Waals surface area (Å²) in [7, 11) is 0. The van der Waals surface area contributed by atoms with Gasteiger partial charge < -0.3 is 19.5 Å². The van der Waals surface area contributed by atoms with Gasteiger partial charge in [0.15, 0.2) is 23.9 Å². The summed E-state index contributed by atoms with van der Waals surface area (Å²) in [5, 5.41) is 2.57. The van der Waals surface area contributed by atoms with Gasteiger partial charge in [0.1, 0.15) is 0 Å². The molecule has 1 aliphatic heterocycles. The van der Waals surface area contributed by atoms with Crippen molar-refractivity contribution in [3.63, 3.8) is 0 Å². The lowest BCUT2D eigenvalue weighted by Gasteiger charge is -2.16. The van der Waals surface area contributed by atoms with Crippen LogP contribution in [0.1, 0.15) is 44.5 Å². The number of carbonyl (C=O) groups excluding carboxylic acids is 3. The van der Waals surface area contributed by atoms with Crippen molar-refractivity contribution in [2.24, 2.45) is 5.41 Å². The predicted molar refractivity (Wildman–Crippen MR) is 86.2 cm³/mol. The molecule has 0 spiro atoms. The van der Waals surface area contributed by atoms with E-state index < -0.39 is 18.5 Å². The second-order valence-corrected chi connectivity index (χ2v) is 6.75. The van der Waals surface area contributed by atoms with Crippen LogP contribution in [0.4, 0.5) is 5.69 Å². The molecule has 0 unspecified atom stereocenters. The molecule has 7 nitrogen and oxygen atoms in total. The molecule has 2 rings (SSSR count). The minimum atomic E-state index is -0.529. The fourth-order valence-corrected chi connectivity index (χ4v) is 2.15. The number of ether oxygens (including phenoxy) is 3. The van der Waals surface area contributed by atoms with Gasteiger partial charge in [0, 0.05) is 11.6 Å². The number of benzene rings is 1. The zero-order chi connectivity index (χ0) is 17.9. The van der Waals surface area contributed by atoms with E-state index in [9.17, 15) is 14.4 Å². The highest BCUT2D eigenvalue weighted by molar-refractivity contribution is 6.05. The van der Waals surface area contributed by atoms with Gasteiger partial charge in [-0.3, -0.25) is 14.4 Å². The maximum absolute atomic E-state index is 12.0. The molecule has 1 aromatic carbocycles. The quantitative estimate of drug-likeness (QED) is 0.657. The van der Waals surface area contributed by atoms with E-state index in [1.165, 1.54) is 19.1 Å². The summed E-state index contributed by atoms with van der Waals surface area (Å²) in [6.07, 6.45) is 0.211. The Morgan fingerprint density at radius 3 is 2.38 bits per heavy atom. The number of Topliss-reactive ketones (excluding diaryl/α,β-unsaturated/α-hetero) is 1. The maximum atomic E-state index is 12.0. The summed E-state index contributed by atoms with van der Waals surface area (Å²) in [5.74, 6) is -0.308. The lowest BCUT2D eigenvalue weighted by molar-refractivity contribution is -0.149. The first-order valence-corrected chi connectivity index (χ1v) is 7.56. The lowest BCUT2D eigenvalue weighted by atomic mass is 9.92. The first-order chi connectivity index (χ1) is 11.2. The maximum Gasteiger partial charge on any atom is 0.306 e. The fourth-order valence-electron chi connectivity index (χ4n) is 2.15. The van der Waals surface area contributed by atoms with Crippen LogP contribution in [-0.4, -0.2) is 31.1 Å². The molecule has 1 heterocycles. The third kappa shape index (κ3) is 4.71. The molecule has 1 aromatic rings. The Balaban J connectivity index is 2.01.